The summed E-state index contributed by atoms with van der Waals surface area (Å²) < 4.78 is 12.7. The number of nitrogens with zero attached hydrogens (tertiary/aromatic N) is 2. The van der Waals surface area contributed by atoms with E-state index < -0.39 is 11.5 Å². The molecule has 1 amide bonds. The van der Waals surface area contributed by atoms with E-state index in [2.05, 4.69) is 10.3 Å². The molecule has 3 aromatic rings. The molecule has 1 saturated heterocycles. The monoisotopic (exact) mass is 367 g/mol. The Morgan fingerprint density at radius 3 is 3.04 bits per heavy atom. The second kappa shape index (κ2) is 7.36. The highest BCUT2D eigenvalue weighted by Gasteiger charge is 2.24. The maximum atomic E-state index is 12.5. The molecule has 3 aromatic heterocycles. The minimum atomic E-state index is -0.595. The van der Waals surface area contributed by atoms with Crippen LogP contribution in [0.5, 0.6) is 0 Å². The molecule has 0 spiro atoms. The molecule has 1 aliphatic rings. The summed E-state index contributed by atoms with van der Waals surface area (Å²) in [6.07, 6.45) is 5.26. The Balaban J connectivity index is 1.42. The zero-order valence-electron chi connectivity index (χ0n) is 15.1. The SMILES string of the molecule is Cc1cc(C2CCOC2)oc(=O)c1C(=O)NCCc1cn2ccccc2n1. The van der Waals surface area contributed by atoms with Gasteiger partial charge in [0.1, 0.15) is 17.0 Å². The Bertz CT molecular complexity index is 998. The molecule has 1 aliphatic heterocycles. The van der Waals surface area contributed by atoms with Gasteiger partial charge in [0.15, 0.2) is 0 Å². The van der Waals surface area contributed by atoms with Gasteiger partial charge in [0.2, 0.25) is 0 Å². The van der Waals surface area contributed by atoms with Gasteiger partial charge in [-0.15, -0.1) is 0 Å². The number of pyridine rings is 1. The molecule has 0 radical (unpaired) electrons. The summed E-state index contributed by atoms with van der Waals surface area (Å²) in [6.45, 7) is 3.36. The lowest BCUT2D eigenvalue weighted by Gasteiger charge is -2.10. The van der Waals surface area contributed by atoms with Crippen LogP contribution < -0.4 is 10.9 Å². The number of imidazole rings is 1. The minimum absolute atomic E-state index is 0.0627. The topological polar surface area (TPSA) is 85.8 Å². The van der Waals surface area contributed by atoms with Crippen molar-refractivity contribution in [3.05, 3.63) is 69.7 Å². The normalized spacial score (nSPS) is 16.7. The van der Waals surface area contributed by atoms with Gasteiger partial charge >= 0.3 is 5.63 Å². The fourth-order valence-electron chi connectivity index (χ4n) is 3.37. The fourth-order valence-corrected chi connectivity index (χ4v) is 3.37. The molecule has 0 saturated carbocycles. The van der Waals surface area contributed by atoms with Crippen LogP contribution in [0.1, 0.15) is 39.7 Å². The molecule has 0 aromatic carbocycles. The lowest BCUT2D eigenvalue weighted by Crippen LogP contribution is -2.31. The van der Waals surface area contributed by atoms with Crippen molar-refractivity contribution in [3.63, 3.8) is 0 Å². The van der Waals surface area contributed by atoms with Crippen LogP contribution in [0.15, 0.2) is 45.9 Å². The first-order chi connectivity index (χ1) is 13.1. The molecule has 1 N–H and O–H groups in total. The molecular formula is C20H21N3O4. The molecule has 7 nitrogen and oxygen atoms in total. The number of nitrogens with one attached hydrogen (secondary N) is 1. The first kappa shape index (κ1) is 17.5. The summed E-state index contributed by atoms with van der Waals surface area (Å²) in [5, 5.41) is 2.79. The van der Waals surface area contributed by atoms with Gasteiger partial charge < -0.3 is 18.9 Å². The highest BCUT2D eigenvalue weighted by molar-refractivity contribution is 5.95. The van der Waals surface area contributed by atoms with E-state index in [0.717, 1.165) is 17.8 Å². The van der Waals surface area contributed by atoms with Crippen LogP contribution in [0.3, 0.4) is 0 Å². The Hall–Kier alpha value is -2.93. The molecule has 0 aliphatic carbocycles. The maximum absolute atomic E-state index is 12.5. The third-order valence-corrected chi connectivity index (χ3v) is 4.81. The fraction of sp³-hybridized carbons (Fsp3) is 0.350. The van der Waals surface area contributed by atoms with Gasteiger partial charge in [-0.25, -0.2) is 9.78 Å². The summed E-state index contributed by atoms with van der Waals surface area (Å²) in [5.74, 6) is 0.263. The molecule has 0 bridgehead atoms. The van der Waals surface area contributed by atoms with Crippen molar-refractivity contribution in [2.45, 2.75) is 25.7 Å². The van der Waals surface area contributed by atoms with Gasteiger partial charge in [-0.3, -0.25) is 4.79 Å². The molecule has 1 atom stereocenters. The molecule has 140 valence electrons. The van der Waals surface area contributed by atoms with Crippen LogP contribution in [-0.2, 0) is 11.2 Å². The van der Waals surface area contributed by atoms with E-state index in [0.29, 0.717) is 37.5 Å². The molecule has 4 rings (SSSR count). The van der Waals surface area contributed by atoms with Crippen molar-refractivity contribution in [1.82, 2.24) is 14.7 Å². The molecule has 27 heavy (non-hydrogen) atoms. The quantitative estimate of drug-likeness (QED) is 0.746. The van der Waals surface area contributed by atoms with Gasteiger partial charge in [0.25, 0.3) is 5.91 Å². The van der Waals surface area contributed by atoms with Gasteiger partial charge in [-0.1, -0.05) is 6.07 Å². The summed E-state index contributed by atoms with van der Waals surface area (Å²) in [4.78, 5) is 29.3. The Labute approximate surface area is 156 Å². The molecule has 1 unspecified atom stereocenters. The zero-order valence-corrected chi connectivity index (χ0v) is 15.1. The van der Waals surface area contributed by atoms with Crippen molar-refractivity contribution in [3.8, 4) is 0 Å². The van der Waals surface area contributed by atoms with E-state index >= 15 is 0 Å². The highest BCUT2D eigenvalue weighted by atomic mass is 16.5. The van der Waals surface area contributed by atoms with E-state index in [1.54, 1.807) is 13.0 Å². The number of carbonyl (C=O) groups is 1. The van der Waals surface area contributed by atoms with Crippen LogP contribution in [0.4, 0.5) is 0 Å². The van der Waals surface area contributed by atoms with Crippen LogP contribution >= 0.6 is 0 Å². The number of fused-ring (bicyclic) bond motifs is 1. The van der Waals surface area contributed by atoms with E-state index in [4.69, 9.17) is 9.15 Å². The standard InChI is InChI=1S/C20H21N3O4/c1-13-10-16(14-6-9-26-12-14)27-20(25)18(13)19(24)21-7-5-15-11-23-8-3-2-4-17(23)22-15/h2-4,8,10-11,14H,5-7,9,12H2,1H3,(H,21,24). The number of aromatic nitrogens is 2. The first-order valence-corrected chi connectivity index (χ1v) is 9.05. The number of carbonyl (C=O) groups excluding carboxylic acids is 1. The first-order valence-electron chi connectivity index (χ1n) is 9.05. The average Bonchev–Trinajstić information content (AvgIpc) is 3.30. The molecule has 7 heteroatoms. The van der Waals surface area contributed by atoms with Crippen molar-refractivity contribution < 1.29 is 13.9 Å². The summed E-state index contributed by atoms with van der Waals surface area (Å²) in [6, 6.07) is 7.56. The second-order valence-electron chi connectivity index (χ2n) is 6.76. The van der Waals surface area contributed by atoms with Crippen molar-refractivity contribution in [2.75, 3.05) is 19.8 Å². The number of hydrogen-bond donors (Lipinski definition) is 1. The predicted octanol–water partition coefficient (Wildman–Crippen LogP) is 2.07. The molecule has 1 fully saturated rings. The lowest BCUT2D eigenvalue weighted by atomic mass is 10.0. The van der Waals surface area contributed by atoms with Crippen molar-refractivity contribution in [1.29, 1.82) is 0 Å². The lowest BCUT2D eigenvalue weighted by molar-refractivity contribution is 0.0949. The van der Waals surface area contributed by atoms with Crippen LogP contribution in [0.2, 0.25) is 0 Å². The Morgan fingerprint density at radius 1 is 1.41 bits per heavy atom. The number of amides is 1. The van der Waals surface area contributed by atoms with Gasteiger partial charge in [-0.2, -0.15) is 0 Å². The zero-order chi connectivity index (χ0) is 18.8. The minimum Gasteiger partial charge on any atom is -0.427 e. The van der Waals surface area contributed by atoms with E-state index in [9.17, 15) is 9.59 Å². The predicted molar refractivity (Wildman–Crippen MR) is 99.1 cm³/mol. The van der Waals surface area contributed by atoms with E-state index in [-0.39, 0.29) is 11.5 Å². The smallest absolute Gasteiger partial charge is 0.349 e. The Morgan fingerprint density at radius 2 is 2.30 bits per heavy atom. The number of rotatable bonds is 5. The van der Waals surface area contributed by atoms with Gasteiger partial charge in [0, 0.05) is 37.9 Å². The third kappa shape index (κ3) is 3.64. The number of ether oxygens (including phenoxy) is 1. The van der Waals surface area contributed by atoms with Crippen LogP contribution in [-0.4, -0.2) is 35.1 Å². The maximum Gasteiger partial charge on any atom is 0.349 e. The van der Waals surface area contributed by atoms with Crippen molar-refractivity contribution in [2.24, 2.45) is 0 Å². The third-order valence-electron chi connectivity index (χ3n) is 4.81. The van der Waals surface area contributed by atoms with E-state index in [1.807, 2.05) is 35.0 Å². The second-order valence-corrected chi connectivity index (χ2v) is 6.76. The number of hydrogen-bond acceptors (Lipinski definition) is 5. The highest BCUT2D eigenvalue weighted by Crippen LogP contribution is 2.25. The molecular weight excluding hydrogens is 346 g/mol. The van der Waals surface area contributed by atoms with E-state index in [1.165, 1.54) is 0 Å². The van der Waals surface area contributed by atoms with Crippen molar-refractivity contribution >= 4 is 11.6 Å². The van der Waals surface area contributed by atoms with Gasteiger partial charge in [-0.05, 0) is 37.1 Å². The largest absolute Gasteiger partial charge is 0.427 e. The summed E-state index contributed by atoms with van der Waals surface area (Å²) in [5.41, 5.74) is 1.83. The molecule has 4 heterocycles. The van der Waals surface area contributed by atoms with Crippen LogP contribution in [0, 0.1) is 6.92 Å². The van der Waals surface area contributed by atoms with Gasteiger partial charge in [0.05, 0.1) is 12.3 Å². The summed E-state index contributed by atoms with van der Waals surface area (Å²) in [7, 11) is 0. The van der Waals surface area contributed by atoms with Crippen LogP contribution in [0.25, 0.3) is 5.65 Å². The Kier molecular flexibility index (Phi) is 4.77. The average molecular weight is 367 g/mol. The summed E-state index contributed by atoms with van der Waals surface area (Å²) >= 11 is 0. The number of aryl methyl sites for hydroxylation is 1.